The van der Waals surface area contributed by atoms with Gasteiger partial charge in [-0.2, -0.15) is 0 Å². The highest BCUT2D eigenvalue weighted by Gasteiger charge is 2.12. The van der Waals surface area contributed by atoms with E-state index in [1.54, 1.807) is 19.2 Å². The topological polar surface area (TPSA) is 49.9 Å². The molecule has 1 aromatic heterocycles. The van der Waals surface area contributed by atoms with Gasteiger partial charge in [0.05, 0.1) is 18.8 Å². The number of benzene rings is 1. The zero-order valence-electron chi connectivity index (χ0n) is 11.2. The number of nitrogens with one attached hydrogen (secondary N) is 2. The third-order valence-electron chi connectivity index (χ3n) is 2.84. The Kier molecular flexibility index (Phi) is 4.65. The van der Waals surface area contributed by atoms with Crippen molar-refractivity contribution in [2.75, 3.05) is 20.3 Å². The van der Waals surface area contributed by atoms with Crippen LogP contribution < -0.4 is 5.32 Å². The van der Waals surface area contributed by atoms with Crippen LogP contribution in [0.25, 0.3) is 11.3 Å². The van der Waals surface area contributed by atoms with Crippen molar-refractivity contribution in [1.82, 2.24) is 15.3 Å². The van der Waals surface area contributed by atoms with Gasteiger partial charge in [0.2, 0.25) is 0 Å². The highest BCUT2D eigenvalue weighted by molar-refractivity contribution is 5.62. The van der Waals surface area contributed by atoms with E-state index >= 15 is 0 Å². The molecule has 0 unspecified atom stereocenters. The van der Waals surface area contributed by atoms with Crippen molar-refractivity contribution >= 4 is 0 Å². The summed E-state index contributed by atoms with van der Waals surface area (Å²) >= 11 is 0. The second-order valence-corrected chi connectivity index (χ2v) is 4.31. The maximum atomic E-state index is 13.7. The second kappa shape index (κ2) is 6.45. The number of halogens is 1. The summed E-state index contributed by atoms with van der Waals surface area (Å²) in [6.07, 6.45) is 0. The van der Waals surface area contributed by atoms with Crippen LogP contribution in [-0.4, -0.2) is 30.2 Å². The average Bonchev–Trinajstić information content (AvgIpc) is 2.76. The third kappa shape index (κ3) is 3.39. The minimum absolute atomic E-state index is 0.254. The smallest absolute Gasteiger partial charge is 0.132 e. The van der Waals surface area contributed by atoms with Crippen LogP contribution in [0.4, 0.5) is 4.39 Å². The molecule has 2 aromatic rings. The Hall–Kier alpha value is -1.72. The van der Waals surface area contributed by atoms with Gasteiger partial charge in [0, 0.05) is 24.9 Å². The maximum Gasteiger partial charge on any atom is 0.132 e. The molecule has 1 aromatic carbocycles. The first-order valence-corrected chi connectivity index (χ1v) is 6.22. The fraction of sp³-hybridized carbons (Fsp3) is 0.357. The van der Waals surface area contributed by atoms with Gasteiger partial charge in [0.25, 0.3) is 0 Å². The van der Waals surface area contributed by atoms with Crippen LogP contribution in [0.1, 0.15) is 11.5 Å². The molecule has 102 valence electrons. The van der Waals surface area contributed by atoms with Crippen LogP contribution in [0.3, 0.4) is 0 Å². The molecule has 0 radical (unpaired) electrons. The Bertz CT molecular complexity index is 539. The number of aromatic nitrogens is 2. The number of hydrogen-bond donors (Lipinski definition) is 2. The lowest BCUT2D eigenvalue weighted by atomic mass is 10.1. The van der Waals surface area contributed by atoms with Crippen molar-refractivity contribution in [3.63, 3.8) is 0 Å². The van der Waals surface area contributed by atoms with E-state index in [0.29, 0.717) is 24.4 Å². The Morgan fingerprint density at radius 3 is 2.89 bits per heavy atom. The minimum Gasteiger partial charge on any atom is -0.383 e. The molecule has 2 rings (SSSR count). The SMILES string of the molecule is COCCNCc1nc(-c2ccccc2F)c(C)[nH]1. The van der Waals surface area contributed by atoms with Gasteiger partial charge < -0.3 is 15.0 Å². The van der Waals surface area contributed by atoms with Crippen LogP contribution in [0.5, 0.6) is 0 Å². The molecule has 0 aliphatic rings. The molecule has 19 heavy (non-hydrogen) atoms. The van der Waals surface area contributed by atoms with Crippen LogP contribution in [-0.2, 0) is 11.3 Å². The minimum atomic E-state index is -0.254. The van der Waals surface area contributed by atoms with E-state index in [9.17, 15) is 4.39 Å². The monoisotopic (exact) mass is 263 g/mol. The number of aromatic amines is 1. The normalized spacial score (nSPS) is 10.9. The molecule has 5 heteroatoms. The van der Waals surface area contributed by atoms with Crippen molar-refractivity contribution in [1.29, 1.82) is 0 Å². The zero-order chi connectivity index (χ0) is 13.7. The maximum absolute atomic E-state index is 13.7. The van der Waals surface area contributed by atoms with E-state index in [1.165, 1.54) is 6.07 Å². The number of rotatable bonds is 6. The fourth-order valence-electron chi connectivity index (χ4n) is 1.90. The van der Waals surface area contributed by atoms with Crippen LogP contribution in [0.2, 0.25) is 0 Å². The summed E-state index contributed by atoms with van der Waals surface area (Å²) in [5.74, 6) is 0.544. The van der Waals surface area contributed by atoms with Crippen LogP contribution in [0, 0.1) is 12.7 Å². The van der Waals surface area contributed by atoms with Gasteiger partial charge in [0.15, 0.2) is 0 Å². The summed E-state index contributed by atoms with van der Waals surface area (Å²) in [6, 6.07) is 6.66. The first-order chi connectivity index (χ1) is 9.22. The molecule has 0 fully saturated rings. The van der Waals surface area contributed by atoms with Gasteiger partial charge in [-0.05, 0) is 19.1 Å². The van der Waals surface area contributed by atoms with E-state index < -0.39 is 0 Å². The van der Waals surface area contributed by atoms with Gasteiger partial charge in [-0.15, -0.1) is 0 Å². The molecule has 0 saturated carbocycles. The molecule has 2 N–H and O–H groups in total. The first kappa shape index (κ1) is 13.7. The molecule has 0 spiro atoms. The van der Waals surface area contributed by atoms with E-state index in [1.807, 2.05) is 13.0 Å². The highest BCUT2D eigenvalue weighted by atomic mass is 19.1. The van der Waals surface area contributed by atoms with Crippen molar-refractivity contribution in [3.05, 3.63) is 41.6 Å². The van der Waals surface area contributed by atoms with E-state index in [-0.39, 0.29) is 5.82 Å². The predicted octanol–water partition coefficient (Wildman–Crippen LogP) is 2.26. The Morgan fingerprint density at radius 2 is 2.16 bits per heavy atom. The van der Waals surface area contributed by atoms with Gasteiger partial charge >= 0.3 is 0 Å². The Balaban J connectivity index is 2.11. The lowest BCUT2D eigenvalue weighted by Gasteiger charge is -2.01. The van der Waals surface area contributed by atoms with Crippen molar-refractivity contribution in [2.24, 2.45) is 0 Å². The van der Waals surface area contributed by atoms with E-state index in [2.05, 4.69) is 15.3 Å². The molecule has 4 nitrogen and oxygen atoms in total. The third-order valence-corrected chi connectivity index (χ3v) is 2.84. The van der Waals surface area contributed by atoms with Crippen LogP contribution in [0.15, 0.2) is 24.3 Å². The summed E-state index contributed by atoms with van der Waals surface area (Å²) in [6.45, 7) is 3.91. The highest BCUT2D eigenvalue weighted by Crippen LogP contribution is 2.23. The Labute approximate surface area is 112 Å². The predicted molar refractivity (Wildman–Crippen MR) is 72.3 cm³/mol. The number of aryl methyl sites for hydroxylation is 1. The van der Waals surface area contributed by atoms with Crippen molar-refractivity contribution in [3.8, 4) is 11.3 Å². The summed E-state index contributed by atoms with van der Waals surface area (Å²) in [7, 11) is 1.66. The zero-order valence-corrected chi connectivity index (χ0v) is 11.2. The van der Waals surface area contributed by atoms with Gasteiger partial charge in [-0.1, -0.05) is 12.1 Å². The number of hydrogen-bond acceptors (Lipinski definition) is 3. The number of ether oxygens (including phenoxy) is 1. The van der Waals surface area contributed by atoms with Crippen LogP contribution >= 0.6 is 0 Å². The van der Waals surface area contributed by atoms with Gasteiger partial charge in [0.1, 0.15) is 11.6 Å². The number of methoxy groups -OCH3 is 1. The van der Waals surface area contributed by atoms with Crippen molar-refractivity contribution < 1.29 is 9.13 Å². The van der Waals surface area contributed by atoms with E-state index in [4.69, 9.17) is 4.74 Å². The summed E-state index contributed by atoms with van der Waals surface area (Å²) in [5, 5.41) is 3.20. The van der Waals surface area contributed by atoms with Gasteiger partial charge in [-0.25, -0.2) is 9.37 Å². The molecule has 0 atom stereocenters. The van der Waals surface area contributed by atoms with Crippen molar-refractivity contribution in [2.45, 2.75) is 13.5 Å². The molecular formula is C14H18FN3O. The molecule has 1 heterocycles. The second-order valence-electron chi connectivity index (χ2n) is 4.31. The largest absolute Gasteiger partial charge is 0.383 e. The Morgan fingerprint density at radius 1 is 1.37 bits per heavy atom. The standard InChI is InChI=1S/C14H18FN3O/c1-10-14(11-5-3-4-6-12(11)15)18-13(17-10)9-16-7-8-19-2/h3-6,16H,7-9H2,1-2H3,(H,17,18). The number of nitrogens with zero attached hydrogens (tertiary/aromatic N) is 1. The molecular weight excluding hydrogens is 245 g/mol. The van der Waals surface area contributed by atoms with Gasteiger partial charge in [-0.3, -0.25) is 0 Å². The summed E-state index contributed by atoms with van der Waals surface area (Å²) < 4.78 is 18.7. The quantitative estimate of drug-likeness (QED) is 0.786. The molecule has 0 aliphatic heterocycles. The summed E-state index contributed by atoms with van der Waals surface area (Å²) in [4.78, 5) is 7.61. The summed E-state index contributed by atoms with van der Waals surface area (Å²) in [5.41, 5.74) is 2.06. The molecule has 0 aliphatic carbocycles. The van der Waals surface area contributed by atoms with E-state index in [0.717, 1.165) is 18.1 Å². The first-order valence-electron chi connectivity index (χ1n) is 6.22. The lowest BCUT2D eigenvalue weighted by Crippen LogP contribution is -2.19. The fourth-order valence-corrected chi connectivity index (χ4v) is 1.90. The number of H-pyrrole nitrogens is 1. The molecule has 0 saturated heterocycles. The number of imidazole rings is 1. The molecule has 0 amide bonds. The lowest BCUT2D eigenvalue weighted by molar-refractivity contribution is 0.199. The average molecular weight is 263 g/mol. The molecule has 0 bridgehead atoms.